The molecule has 2 aliphatic heterocycles. The molecule has 1 N–H and O–H groups in total. The molecular formula is C22H41IN6O. The second-order valence-corrected chi connectivity index (χ2v) is 8.71. The lowest BCUT2D eigenvalue weighted by atomic mass is 10.0. The second-order valence-electron chi connectivity index (χ2n) is 8.71. The van der Waals surface area contributed by atoms with Crippen molar-refractivity contribution in [3.05, 3.63) is 18.0 Å². The predicted octanol–water partition coefficient (Wildman–Crippen LogP) is 3.28. The van der Waals surface area contributed by atoms with Gasteiger partial charge in [0, 0.05) is 37.9 Å². The average molecular weight is 533 g/mol. The molecule has 1 aromatic heterocycles. The van der Waals surface area contributed by atoms with E-state index in [0.29, 0.717) is 18.6 Å². The van der Waals surface area contributed by atoms with E-state index in [4.69, 9.17) is 9.73 Å². The van der Waals surface area contributed by atoms with E-state index in [-0.39, 0.29) is 30.1 Å². The van der Waals surface area contributed by atoms with Crippen LogP contribution in [-0.4, -0.2) is 77.5 Å². The Bertz CT molecular complexity index is 641. The zero-order valence-corrected chi connectivity index (χ0v) is 21.5. The number of hydrogen-bond donors (Lipinski definition) is 1. The van der Waals surface area contributed by atoms with Crippen molar-refractivity contribution in [1.29, 1.82) is 0 Å². The number of halogens is 1. The largest absolute Gasteiger partial charge is 0.370 e. The van der Waals surface area contributed by atoms with Crippen molar-refractivity contribution in [2.45, 2.75) is 58.6 Å². The average Bonchev–Trinajstić information content (AvgIpc) is 2.98. The summed E-state index contributed by atoms with van der Waals surface area (Å²) in [6.45, 7) is 13.4. The number of aliphatic imine (C=N–C) groups is 1. The molecule has 2 unspecified atom stereocenters. The lowest BCUT2D eigenvalue weighted by Crippen LogP contribution is -2.49. The van der Waals surface area contributed by atoms with Gasteiger partial charge in [0.1, 0.15) is 6.10 Å². The highest BCUT2D eigenvalue weighted by Gasteiger charge is 2.27. The minimum atomic E-state index is 0. The van der Waals surface area contributed by atoms with E-state index < -0.39 is 0 Å². The molecule has 0 spiro atoms. The molecule has 8 heteroatoms. The number of likely N-dealkylation sites (tertiary alicyclic amines) is 1. The maximum atomic E-state index is 6.02. The summed E-state index contributed by atoms with van der Waals surface area (Å²) in [5.41, 5.74) is 1.14. The molecule has 3 rings (SSSR count). The van der Waals surface area contributed by atoms with Gasteiger partial charge in [-0.1, -0.05) is 26.7 Å². The topological polar surface area (TPSA) is 57.9 Å². The summed E-state index contributed by atoms with van der Waals surface area (Å²) in [7, 11) is 1.95. The molecule has 1 aromatic rings. The number of morpholine rings is 1. The second kappa shape index (κ2) is 12.9. The lowest BCUT2D eigenvalue weighted by Gasteiger charge is -2.36. The van der Waals surface area contributed by atoms with Crippen molar-refractivity contribution >= 4 is 29.9 Å². The molecule has 0 aliphatic carbocycles. The van der Waals surface area contributed by atoms with Gasteiger partial charge < -0.3 is 15.0 Å². The minimum Gasteiger partial charge on any atom is -0.370 e. The summed E-state index contributed by atoms with van der Waals surface area (Å²) in [6, 6.07) is 0.511. The van der Waals surface area contributed by atoms with Crippen LogP contribution >= 0.6 is 24.0 Å². The summed E-state index contributed by atoms with van der Waals surface area (Å²) in [4.78, 5) is 10.1. The van der Waals surface area contributed by atoms with Gasteiger partial charge in [0.2, 0.25) is 0 Å². The van der Waals surface area contributed by atoms with Gasteiger partial charge in [0.15, 0.2) is 5.96 Å². The Morgan fingerprint density at radius 2 is 1.97 bits per heavy atom. The first kappa shape index (κ1) is 25.4. The van der Waals surface area contributed by atoms with Gasteiger partial charge in [0.05, 0.1) is 25.9 Å². The molecule has 2 atom stereocenters. The number of aryl methyl sites for hydroxylation is 1. The first-order valence-electron chi connectivity index (χ1n) is 11.5. The van der Waals surface area contributed by atoms with Crippen LogP contribution in [0.25, 0.3) is 0 Å². The van der Waals surface area contributed by atoms with Crippen molar-refractivity contribution < 1.29 is 4.74 Å². The van der Waals surface area contributed by atoms with Crippen LogP contribution < -0.4 is 5.32 Å². The number of guanidine groups is 1. The van der Waals surface area contributed by atoms with Gasteiger partial charge in [-0.25, -0.2) is 0 Å². The predicted molar refractivity (Wildman–Crippen MR) is 134 cm³/mol. The molecule has 0 bridgehead atoms. The molecule has 2 saturated heterocycles. The third kappa shape index (κ3) is 7.09. The van der Waals surface area contributed by atoms with E-state index in [2.05, 4.69) is 41.0 Å². The van der Waals surface area contributed by atoms with Gasteiger partial charge in [-0.15, -0.1) is 24.0 Å². The highest BCUT2D eigenvalue weighted by Crippen LogP contribution is 2.22. The standard InChI is InChI=1S/C22H40N6O.HI/c1-5-23-22(24-15-20(18(2)3)27-10-8-6-7-9-11-27)28-12-13-29-21(17-28)19-14-25-26(4)16-19;/h14,16,18,20-21H,5-13,15,17H2,1-4H3,(H,23,24);1H. The van der Waals surface area contributed by atoms with Crippen LogP contribution in [0.15, 0.2) is 17.4 Å². The SMILES string of the molecule is CCNC(=NCC(C(C)C)N1CCCCCC1)N1CCOC(c2cnn(C)c2)C1.I. The zero-order chi connectivity index (χ0) is 20.6. The Balaban J connectivity index is 0.00000320. The van der Waals surface area contributed by atoms with E-state index in [1.807, 2.05) is 24.1 Å². The monoisotopic (exact) mass is 532 g/mol. The fourth-order valence-electron chi connectivity index (χ4n) is 4.43. The van der Waals surface area contributed by atoms with Crippen LogP contribution in [0.2, 0.25) is 0 Å². The van der Waals surface area contributed by atoms with E-state index in [1.165, 1.54) is 38.8 Å². The number of nitrogens with zero attached hydrogens (tertiary/aromatic N) is 5. The molecule has 0 radical (unpaired) electrons. The molecule has 3 heterocycles. The van der Waals surface area contributed by atoms with Crippen LogP contribution in [0.3, 0.4) is 0 Å². The molecule has 0 saturated carbocycles. The maximum absolute atomic E-state index is 6.02. The first-order valence-corrected chi connectivity index (χ1v) is 11.5. The molecule has 30 heavy (non-hydrogen) atoms. The Labute approximate surface area is 199 Å². The van der Waals surface area contributed by atoms with Crippen molar-refractivity contribution in [1.82, 2.24) is 24.9 Å². The third-order valence-electron chi connectivity index (χ3n) is 6.10. The molecule has 0 aromatic carbocycles. The smallest absolute Gasteiger partial charge is 0.194 e. The summed E-state index contributed by atoms with van der Waals surface area (Å²) in [5.74, 6) is 1.62. The Hall–Kier alpha value is -0.870. The third-order valence-corrected chi connectivity index (χ3v) is 6.10. The highest BCUT2D eigenvalue weighted by molar-refractivity contribution is 14.0. The van der Waals surface area contributed by atoms with Crippen LogP contribution in [-0.2, 0) is 11.8 Å². The first-order chi connectivity index (χ1) is 14.1. The number of hydrogen-bond acceptors (Lipinski definition) is 4. The van der Waals surface area contributed by atoms with Gasteiger partial charge in [0.25, 0.3) is 0 Å². The molecule has 0 amide bonds. The Morgan fingerprint density at radius 3 is 2.57 bits per heavy atom. The van der Waals surface area contributed by atoms with Crippen molar-refractivity contribution in [3.8, 4) is 0 Å². The zero-order valence-electron chi connectivity index (χ0n) is 19.2. The van der Waals surface area contributed by atoms with Gasteiger partial charge in [-0.05, 0) is 38.8 Å². The Morgan fingerprint density at radius 1 is 1.23 bits per heavy atom. The maximum Gasteiger partial charge on any atom is 0.194 e. The van der Waals surface area contributed by atoms with Crippen LogP contribution in [0.4, 0.5) is 0 Å². The fraction of sp³-hybridized carbons (Fsp3) is 0.818. The van der Waals surface area contributed by atoms with Crippen molar-refractivity contribution in [2.75, 3.05) is 45.9 Å². The van der Waals surface area contributed by atoms with Crippen molar-refractivity contribution in [2.24, 2.45) is 18.0 Å². The number of aromatic nitrogens is 2. The van der Waals surface area contributed by atoms with E-state index in [9.17, 15) is 0 Å². The molecule has 7 nitrogen and oxygen atoms in total. The number of rotatable bonds is 6. The van der Waals surface area contributed by atoms with Crippen LogP contribution in [0.1, 0.15) is 58.1 Å². The van der Waals surface area contributed by atoms with Crippen LogP contribution in [0, 0.1) is 5.92 Å². The summed E-state index contributed by atoms with van der Waals surface area (Å²) in [6.07, 6.45) is 9.39. The number of nitrogens with one attached hydrogen (secondary N) is 1. The van der Waals surface area contributed by atoms with Gasteiger partial charge >= 0.3 is 0 Å². The summed E-state index contributed by atoms with van der Waals surface area (Å²) >= 11 is 0. The summed E-state index contributed by atoms with van der Waals surface area (Å²) < 4.78 is 7.86. The quantitative estimate of drug-likeness (QED) is 0.346. The minimum absolute atomic E-state index is 0. The van der Waals surface area contributed by atoms with Gasteiger partial charge in [-0.2, -0.15) is 5.10 Å². The molecule has 2 aliphatic rings. The number of ether oxygens (including phenoxy) is 1. The Kier molecular flexibility index (Phi) is 10.9. The van der Waals surface area contributed by atoms with Crippen molar-refractivity contribution in [3.63, 3.8) is 0 Å². The van der Waals surface area contributed by atoms with Crippen LogP contribution in [0.5, 0.6) is 0 Å². The van der Waals surface area contributed by atoms with Gasteiger partial charge in [-0.3, -0.25) is 14.6 Å². The van der Waals surface area contributed by atoms with E-state index in [1.54, 1.807) is 0 Å². The normalized spacial score (nSPS) is 22.5. The lowest BCUT2D eigenvalue weighted by molar-refractivity contribution is -0.00810. The molecule has 172 valence electrons. The fourth-order valence-corrected chi connectivity index (χ4v) is 4.43. The molecular weight excluding hydrogens is 491 g/mol. The summed E-state index contributed by atoms with van der Waals surface area (Å²) in [5, 5.41) is 7.82. The van der Waals surface area contributed by atoms with E-state index >= 15 is 0 Å². The molecule has 2 fully saturated rings. The highest BCUT2D eigenvalue weighted by atomic mass is 127. The van der Waals surface area contributed by atoms with E-state index in [0.717, 1.165) is 37.7 Å².